The number of nitrogens with one attached hydrogen (secondary N) is 1. The molecule has 0 fully saturated rings. The molecular weight excluding hydrogens is 444 g/mol. The van der Waals surface area contributed by atoms with E-state index >= 15 is 0 Å². The minimum absolute atomic E-state index is 0.234. The smallest absolute Gasteiger partial charge is 0.250 e. The Morgan fingerprint density at radius 3 is 2.65 bits per heavy atom. The molecule has 1 N–H and O–H groups in total. The molecule has 5 rings (SSSR count). The van der Waals surface area contributed by atoms with E-state index in [9.17, 15) is 4.79 Å². The lowest BCUT2D eigenvalue weighted by molar-refractivity contribution is -0.111. The number of allylic oxidation sites excluding steroid dienone is 1. The summed E-state index contributed by atoms with van der Waals surface area (Å²) >= 11 is 1.46. The summed E-state index contributed by atoms with van der Waals surface area (Å²) in [6.07, 6.45) is 3.34. The van der Waals surface area contributed by atoms with Crippen molar-refractivity contribution in [3.63, 3.8) is 0 Å². The molecule has 1 amide bonds. The zero-order valence-corrected chi connectivity index (χ0v) is 20.2. The highest BCUT2D eigenvalue weighted by Crippen LogP contribution is 2.37. The van der Waals surface area contributed by atoms with Gasteiger partial charge in [0.25, 0.3) is 0 Å². The Hall–Kier alpha value is -3.90. The predicted molar refractivity (Wildman–Crippen MR) is 140 cm³/mol. The molecule has 0 aliphatic rings. The molecule has 2 aromatic heterocycles. The van der Waals surface area contributed by atoms with Crippen molar-refractivity contribution < 1.29 is 13.9 Å². The molecule has 5 aromatic rings. The highest BCUT2D eigenvalue weighted by Gasteiger charge is 2.15. The SMILES string of the molecule is COc1cc2occ(-c3ccc(C)cc3)c2cc1/C(C)=C/C(=O)Nc1nc2c(C)cccc2s1. The van der Waals surface area contributed by atoms with Gasteiger partial charge in [-0.1, -0.05) is 53.3 Å². The van der Waals surface area contributed by atoms with Gasteiger partial charge >= 0.3 is 0 Å². The Morgan fingerprint density at radius 1 is 1.12 bits per heavy atom. The van der Waals surface area contributed by atoms with E-state index in [-0.39, 0.29) is 5.91 Å². The molecule has 5 nitrogen and oxygen atoms in total. The van der Waals surface area contributed by atoms with Gasteiger partial charge in [0, 0.05) is 28.7 Å². The first-order chi connectivity index (χ1) is 16.4. The molecule has 2 heterocycles. The molecule has 3 aromatic carbocycles. The first-order valence-corrected chi connectivity index (χ1v) is 11.8. The lowest BCUT2D eigenvalue weighted by Crippen LogP contribution is -2.08. The van der Waals surface area contributed by atoms with Gasteiger partial charge in [-0.3, -0.25) is 10.1 Å². The fourth-order valence-corrected chi connectivity index (χ4v) is 4.99. The van der Waals surface area contributed by atoms with Crippen LogP contribution in [0.15, 0.2) is 71.4 Å². The number of benzene rings is 3. The number of rotatable bonds is 5. The molecule has 34 heavy (non-hydrogen) atoms. The Balaban J connectivity index is 1.48. The monoisotopic (exact) mass is 468 g/mol. The first-order valence-electron chi connectivity index (χ1n) is 10.9. The van der Waals surface area contributed by atoms with Crippen molar-refractivity contribution in [3.05, 3.63) is 83.6 Å². The molecule has 0 radical (unpaired) electrons. The van der Waals surface area contributed by atoms with Gasteiger partial charge in [-0.15, -0.1) is 0 Å². The predicted octanol–water partition coefficient (Wildman–Crippen LogP) is 7.38. The van der Waals surface area contributed by atoms with E-state index < -0.39 is 0 Å². The molecule has 170 valence electrons. The van der Waals surface area contributed by atoms with Crippen LogP contribution in [0.2, 0.25) is 0 Å². The highest BCUT2D eigenvalue weighted by molar-refractivity contribution is 7.22. The molecule has 0 atom stereocenters. The minimum Gasteiger partial charge on any atom is -0.496 e. The second-order valence-corrected chi connectivity index (χ2v) is 9.35. The number of amides is 1. The van der Waals surface area contributed by atoms with Gasteiger partial charge in [0.15, 0.2) is 5.13 Å². The van der Waals surface area contributed by atoms with Crippen molar-refractivity contribution in [3.8, 4) is 16.9 Å². The number of carbonyl (C=O) groups is 1. The average molecular weight is 469 g/mol. The number of furan rings is 1. The van der Waals surface area contributed by atoms with Crippen LogP contribution >= 0.6 is 11.3 Å². The summed E-state index contributed by atoms with van der Waals surface area (Å²) in [7, 11) is 1.62. The molecule has 0 saturated carbocycles. The Labute approximate surface area is 201 Å². The maximum absolute atomic E-state index is 12.8. The molecule has 6 heteroatoms. The lowest BCUT2D eigenvalue weighted by Gasteiger charge is -2.10. The minimum atomic E-state index is -0.234. The van der Waals surface area contributed by atoms with Crippen LogP contribution < -0.4 is 10.1 Å². The van der Waals surface area contributed by atoms with E-state index in [4.69, 9.17) is 9.15 Å². The van der Waals surface area contributed by atoms with Crippen LogP contribution in [0.5, 0.6) is 5.75 Å². The van der Waals surface area contributed by atoms with Gasteiger partial charge in [-0.2, -0.15) is 0 Å². The van der Waals surface area contributed by atoms with Crippen LogP contribution in [0.25, 0.3) is 37.9 Å². The van der Waals surface area contributed by atoms with Gasteiger partial charge in [-0.25, -0.2) is 4.98 Å². The van der Waals surface area contributed by atoms with Crippen molar-refractivity contribution >= 4 is 49.1 Å². The van der Waals surface area contributed by atoms with E-state index in [1.807, 2.05) is 44.2 Å². The molecule has 0 aliphatic heterocycles. The van der Waals surface area contributed by atoms with Gasteiger partial charge in [0.1, 0.15) is 11.3 Å². The number of aromatic nitrogens is 1. The third kappa shape index (κ3) is 4.08. The van der Waals surface area contributed by atoms with E-state index in [2.05, 4.69) is 41.5 Å². The van der Waals surface area contributed by atoms with Crippen LogP contribution in [-0.2, 0) is 4.79 Å². The highest BCUT2D eigenvalue weighted by atomic mass is 32.1. The largest absolute Gasteiger partial charge is 0.496 e. The van der Waals surface area contributed by atoms with Gasteiger partial charge < -0.3 is 9.15 Å². The molecule has 0 saturated heterocycles. The number of carbonyl (C=O) groups excluding carboxylic acids is 1. The van der Waals surface area contributed by atoms with E-state index in [0.717, 1.165) is 49.0 Å². The molecule has 0 spiro atoms. The zero-order valence-electron chi connectivity index (χ0n) is 19.4. The normalized spacial score (nSPS) is 11.8. The number of methoxy groups -OCH3 is 1. The number of nitrogens with zero attached hydrogens (tertiary/aromatic N) is 1. The second kappa shape index (κ2) is 8.80. The summed E-state index contributed by atoms with van der Waals surface area (Å²) in [5.74, 6) is 0.414. The van der Waals surface area contributed by atoms with Gasteiger partial charge in [0.05, 0.1) is 23.6 Å². The van der Waals surface area contributed by atoms with Crippen molar-refractivity contribution in [1.29, 1.82) is 0 Å². The molecule has 0 bridgehead atoms. The number of anilines is 1. The van der Waals surface area contributed by atoms with E-state index in [1.165, 1.54) is 16.9 Å². The lowest BCUT2D eigenvalue weighted by atomic mass is 9.99. The zero-order chi connectivity index (χ0) is 23.8. The van der Waals surface area contributed by atoms with Crippen molar-refractivity contribution in [2.75, 3.05) is 12.4 Å². The maximum Gasteiger partial charge on any atom is 0.250 e. The topological polar surface area (TPSA) is 64.4 Å². The number of thiazole rings is 1. The van der Waals surface area contributed by atoms with Gasteiger partial charge in [0.2, 0.25) is 5.91 Å². The summed E-state index contributed by atoms with van der Waals surface area (Å²) in [5, 5.41) is 4.45. The summed E-state index contributed by atoms with van der Waals surface area (Å²) in [4.78, 5) is 17.4. The molecule has 0 aliphatic carbocycles. The maximum atomic E-state index is 12.8. The number of hydrogen-bond donors (Lipinski definition) is 1. The van der Waals surface area contributed by atoms with Crippen LogP contribution in [-0.4, -0.2) is 18.0 Å². The van der Waals surface area contributed by atoms with Crippen LogP contribution in [0.3, 0.4) is 0 Å². The van der Waals surface area contributed by atoms with E-state index in [0.29, 0.717) is 10.9 Å². The molecule has 0 unspecified atom stereocenters. The van der Waals surface area contributed by atoms with E-state index in [1.54, 1.807) is 19.4 Å². The first kappa shape index (κ1) is 21.9. The standard InChI is InChI=1S/C28H24N2O3S/c1-16-8-10-19(11-9-16)22-15-33-24-14-23(32-4)20(13-21(22)24)18(3)12-26(31)29-28-30-27-17(2)6-5-7-25(27)34-28/h5-15H,1-4H3,(H,29,30,31)/b18-12+. The summed E-state index contributed by atoms with van der Waals surface area (Å²) in [5.41, 5.74) is 7.63. The number of hydrogen-bond acceptors (Lipinski definition) is 5. The van der Waals surface area contributed by atoms with Crippen LogP contribution in [0.1, 0.15) is 23.6 Å². The second-order valence-electron chi connectivity index (χ2n) is 8.32. The number of para-hydroxylation sites is 1. The summed E-state index contributed by atoms with van der Waals surface area (Å²) < 4.78 is 12.5. The average Bonchev–Trinajstić information content (AvgIpc) is 3.42. The molecular formula is C28H24N2O3S. The Kier molecular flexibility index (Phi) is 5.67. The third-order valence-electron chi connectivity index (χ3n) is 5.88. The fourth-order valence-electron chi connectivity index (χ4n) is 4.04. The summed E-state index contributed by atoms with van der Waals surface area (Å²) in [6, 6.07) is 18.2. The van der Waals surface area contributed by atoms with Crippen molar-refractivity contribution in [1.82, 2.24) is 4.98 Å². The quantitative estimate of drug-likeness (QED) is 0.273. The summed E-state index contributed by atoms with van der Waals surface area (Å²) in [6.45, 7) is 5.98. The van der Waals surface area contributed by atoms with Gasteiger partial charge in [-0.05, 0) is 49.6 Å². The van der Waals surface area contributed by atoms with Crippen LogP contribution in [0.4, 0.5) is 5.13 Å². The Bertz CT molecular complexity index is 1560. The third-order valence-corrected chi connectivity index (χ3v) is 6.82. The van der Waals surface area contributed by atoms with Crippen molar-refractivity contribution in [2.24, 2.45) is 0 Å². The number of aryl methyl sites for hydroxylation is 2. The fraction of sp³-hybridized carbons (Fsp3) is 0.143. The van der Waals surface area contributed by atoms with Crippen LogP contribution in [0, 0.1) is 13.8 Å². The number of ether oxygens (including phenoxy) is 1. The number of fused-ring (bicyclic) bond motifs is 2. The van der Waals surface area contributed by atoms with Crippen molar-refractivity contribution in [2.45, 2.75) is 20.8 Å². The Morgan fingerprint density at radius 2 is 1.91 bits per heavy atom.